The first-order valence-corrected chi connectivity index (χ1v) is 7.42. The Bertz CT molecular complexity index is 717. The molecule has 0 fully saturated rings. The number of ether oxygens (including phenoxy) is 2. The fourth-order valence-electron chi connectivity index (χ4n) is 1.99. The lowest BCUT2D eigenvalue weighted by molar-refractivity contribution is 0.355. The Morgan fingerprint density at radius 1 is 1.09 bits per heavy atom. The second kappa shape index (κ2) is 8.14. The van der Waals surface area contributed by atoms with E-state index in [1.165, 1.54) is 5.56 Å². The van der Waals surface area contributed by atoms with E-state index in [1.54, 1.807) is 32.6 Å². The summed E-state index contributed by atoms with van der Waals surface area (Å²) in [6, 6.07) is 13.5. The lowest BCUT2D eigenvalue weighted by atomic mass is 10.2. The molecule has 0 unspecified atom stereocenters. The molecule has 2 N–H and O–H groups in total. The van der Waals surface area contributed by atoms with Gasteiger partial charge in [0.2, 0.25) is 0 Å². The van der Waals surface area contributed by atoms with Crippen LogP contribution in [0.3, 0.4) is 0 Å². The molecule has 0 atom stereocenters. The van der Waals surface area contributed by atoms with Gasteiger partial charge in [-0.05, 0) is 36.8 Å². The summed E-state index contributed by atoms with van der Waals surface area (Å²) in [6.07, 6.45) is 1.72. The third-order valence-electron chi connectivity index (χ3n) is 3.06. The Labute approximate surface area is 141 Å². The predicted octanol–water partition coefficient (Wildman–Crippen LogP) is 3.33. The molecule has 2 rings (SSSR count). The van der Waals surface area contributed by atoms with Gasteiger partial charge in [-0.3, -0.25) is 5.43 Å². The Hall–Kier alpha value is -2.60. The first-order valence-electron chi connectivity index (χ1n) is 7.01. The number of benzene rings is 2. The number of nitrogens with one attached hydrogen (secondary N) is 2. The Balaban J connectivity index is 1.94. The monoisotopic (exact) mass is 329 g/mol. The molecule has 2 aromatic carbocycles. The normalized spacial score (nSPS) is 10.4. The van der Waals surface area contributed by atoms with Crippen LogP contribution in [0.1, 0.15) is 11.1 Å². The second-order valence-electron chi connectivity index (χ2n) is 4.81. The van der Waals surface area contributed by atoms with Gasteiger partial charge < -0.3 is 14.8 Å². The van der Waals surface area contributed by atoms with Crippen molar-refractivity contribution in [2.45, 2.75) is 6.92 Å². The minimum atomic E-state index is 0.390. The van der Waals surface area contributed by atoms with Crippen molar-refractivity contribution in [3.05, 3.63) is 53.6 Å². The Morgan fingerprint density at radius 3 is 2.57 bits per heavy atom. The van der Waals surface area contributed by atoms with Crippen molar-refractivity contribution in [3.63, 3.8) is 0 Å². The maximum absolute atomic E-state index is 5.25. The highest BCUT2D eigenvalue weighted by Crippen LogP contribution is 2.29. The zero-order valence-electron chi connectivity index (χ0n) is 13.3. The minimum absolute atomic E-state index is 0.390. The summed E-state index contributed by atoms with van der Waals surface area (Å²) >= 11 is 5.21. The molecule has 0 aromatic heterocycles. The fourth-order valence-corrected chi connectivity index (χ4v) is 2.16. The quantitative estimate of drug-likeness (QED) is 0.501. The van der Waals surface area contributed by atoms with E-state index in [0.717, 1.165) is 11.3 Å². The van der Waals surface area contributed by atoms with Crippen LogP contribution in [-0.4, -0.2) is 25.5 Å². The SMILES string of the molecule is COc1ccc(NC(=S)N/N=C\c2cccc(C)c2)cc1OC. The molecule has 0 aliphatic rings. The van der Waals surface area contributed by atoms with E-state index in [1.807, 2.05) is 37.3 Å². The molecule has 0 bridgehead atoms. The number of hydrogen-bond acceptors (Lipinski definition) is 4. The summed E-state index contributed by atoms with van der Waals surface area (Å²) in [5.41, 5.74) is 5.75. The van der Waals surface area contributed by atoms with Crippen LogP contribution in [0.15, 0.2) is 47.6 Å². The van der Waals surface area contributed by atoms with Crippen LogP contribution in [0.25, 0.3) is 0 Å². The van der Waals surface area contributed by atoms with Crippen LogP contribution < -0.4 is 20.2 Å². The number of aryl methyl sites for hydroxylation is 1. The van der Waals surface area contributed by atoms with E-state index < -0.39 is 0 Å². The molecule has 120 valence electrons. The molecule has 0 amide bonds. The summed E-state index contributed by atoms with van der Waals surface area (Å²) in [6.45, 7) is 2.04. The van der Waals surface area contributed by atoms with Gasteiger partial charge in [0.05, 0.1) is 20.4 Å². The first kappa shape index (κ1) is 16.8. The molecule has 6 heteroatoms. The van der Waals surface area contributed by atoms with E-state index >= 15 is 0 Å². The lowest BCUT2D eigenvalue weighted by Crippen LogP contribution is -2.23. The molecule has 5 nitrogen and oxygen atoms in total. The fraction of sp³-hybridized carbons (Fsp3) is 0.176. The number of anilines is 1. The first-order chi connectivity index (χ1) is 11.1. The molecule has 0 aliphatic heterocycles. The van der Waals surface area contributed by atoms with Crippen molar-refractivity contribution in [1.82, 2.24) is 5.43 Å². The molecule has 0 aliphatic carbocycles. The molecule has 2 aromatic rings. The van der Waals surface area contributed by atoms with Crippen molar-refractivity contribution in [2.75, 3.05) is 19.5 Å². The topological polar surface area (TPSA) is 54.9 Å². The number of methoxy groups -OCH3 is 2. The van der Waals surface area contributed by atoms with E-state index in [9.17, 15) is 0 Å². The molecular formula is C17H19N3O2S. The molecule has 0 spiro atoms. The number of nitrogens with zero attached hydrogens (tertiary/aromatic N) is 1. The third kappa shape index (κ3) is 4.96. The Morgan fingerprint density at radius 2 is 1.87 bits per heavy atom. The van der Waals surface area contributed by atoms with E-state index in [-0.39, 0.29) is 0 Å². The van der Waals surface area contributed by atoms with Gasteiger partial charge in [-0.15, -0.1) is 0 Å². The lowest BCUT2D eigenvalue weighted by Gasteiger charge is -2.11. The number of thiocarbonyl (C=S) groups is 1. The van der Waals surface area contributed by atoms with Crippen molar-refractivity contribution in [3.8, 4) is 11.5 Å². The smallest absolute Gasteiger partial charge is 0.191 e. The molecule has 0 saturated heterocycles. The molecular weight excluding hydrogens is 310 g/mol. The van der Waals surface area contributed by atoms with Crippen molar-refractivity contribution < 1.29 is 9.47 Å². The van der Waals surface area contributed by atoms with E-state index in [0.29, 0.717) is 16.6 Å². The number of rotatable bonds is 5. The maximum Gasteiger partial charge on any atom is 0.191 e. The van der Waals surface area contributed by atoms with Crippen LogP contribution in [0.2, 0.25) is 0 Å². The van der Waals surface area contributed by atoms with E-state index in [4.69, 9.17) is 21.7 Å². The van der Waals surface area contributed by atoms with Gasteiger partial charge in [0.15, 0.2) is 16.6 Å². The van der Waals surface area contributed by atoms with Gasteiger partial charge in [0.1, 0.15) is 0 Å². The highest BCUT2D eigenvalue weighted by atomic mass is 32.1. The summed E-state index contributed by atoms with van der Waals surface area (Å²) in [5.74, 6) is 1.29. The van der Waals surface area contributed by atoms with Crippen LogP contribution in [0, 0.1) is 6.92 Å². The minimum Gasteiger partial charge on any atom is -0.493 e. The van der Waals surface area contributed by atoms with Crippen LogP contribution in [0.5, 0.6) is 11.5 Å². The average Bonchev–Trinajstić information content (AvgIpc) is 2.54. The standard InChI is InChI=1S/C17H19N3O2S/c1-12-5-4-6-13(9-12)11-18-20-17(23)19-14-7-8-15(21-2)16(10-14)22-3/h4-11H,1-3H3,(H2,19,20,23)/b18-11-. The zero-order chi connectivity index (χ0) is 16.7. The maximum atomic E-state index is 5.25. The molecule has 0 radical (unpaired) electrons. The Kier molecular flexibility index (Phi) is 5.94. The zero-order valence-corrected chi connectivity index (χ0v) is 14.1. The third-order valence-corrected chi connectivity index (χ3v) is 3.26. The van der Waals surface area contributed by atoms with Crippen LogP contribution >= 0.6 is 12.2 Å². The van der Waals surface area contributed by atoms with Crippen LogP contribution in [0.4, 0.5) is 5.69 Å². The van der Waals surface area contributed by atoms with Crippen molar-refractivity contribution in [1.29, 1.82) is 0 Å². The largest absolute Gasteiger partial charge is 0.493 e. The number of hydrogen-bond donors (Lipinski definition) is 2. The van der Waals surface area contributed by atoms with Gasteiger partial charge in [-0.1, -0.05) is 29.8 Å². The van der Waals surface area contributed by atoms with Gasteiger partial charge in [-0.2, -0.15) is 5.10 Å². The highest BCUT2D eigenvalue weighted by molar-refractivity contribution is 7.80. The van der Waals surface area contributed by atoms with Gasteiger partial charge in [0, 0.05) is 11.8 Å². The van der Waals surface area contributed by atoms with E-state index in [2.05, 4.69) is 15.8 Å². The van der Waals surface area contributed by atoms with Crippen LogP contribution in [-0.2, 0) is 0 Å². The predicted molar refractivity (Wildman–Crippen MR) is 97.7 cm³/mol. The average molecular weight is 329 g/mol. The highest BCUT2D eigenvalue weighted by Gasteiger charge is 2.05. The van der Waals surface area contributed by atoms with Gasteiger partial charge in [-0.25, -0.2) is 0 Å². The second-order valence-corrected chi connectivity index (χ2v) is 5.22. The summed E-state index contributed by atoms with van der Waals surface area (Å²) in [7, 11) is 3.18. The van der Waals surface area contributed by atoms with Gasteiger partial charge >= 0.3 is 0 Å². The summed E-state index contributed by atoms with van der Waals surface area (Å²) in [5, 5.41) is 7.55. The van der Waals surface area contributed by atoms with Gasteiger partial charge in [0.25, 0.3) is 0 Å². The summed E-state index contributed by atoms with van der Waals surface area (Å²) < 4.78 is 10.4. The number of hydrazone groups is 1. The summed E-state index contributed by atoms with van der Waals surface area (Å²) in [4.78, 5) is 0. The molecule has 23 heavy (non-hydrogen) atoms. The van der Waals surface area contributed by atoms with Crippen molar-refractivity contribution in [2.24, 2.45) is 5.10 Å². The molecule has 0 saturated carbocycles. The molecule has 0 heterocycles. The van der Waals surface area contributed by atoms with Crippen molar-refractivity contribution >= 4 is 29.2 Å².